The molecule has 0 saturated carbocycles. The van der Waals surface area contributed by atoms with Crippen LogP contribution in [0.15, 0.2) is 91.0 Å². The lowest BCUT2D eigenvalue weighted by atomic mass is 10.1. The zero-order chi connectivity index (χ0) is 20.8. The summed E-state index contributed by atoms with van der Waals surface area (Å²) < 4.78 is 5.81. The van der Waals surface area contributed by atoms with Gasteiger partial charge in [0.05, 0.1) is 5.52 Å². The fourth-order valence-corrected chi connectivity index (χ4v) is 3.22. The van der Waals surface area contributed by atoms with E-state index in [-0.39, 0.29) is 18.9 Å². The Balaban J connectivity index is 1.46. The Kier molecular flexibility index (Phi) is 6.01. The van der Waals surface area contributed by atoms with E-state index in [0.717, 1.165) is 22.0 Å². The first-order valence-electron chi connectivity index (χ1n) is 9.82. The Morgan fingerprint density at radius 1 is 0.867 bits per heavy atom. The molecule has 3 aromatic carbocycles. The molecule has 0 radical (unpaired) electrons. The van der Waals surface area contributed by atoms with Gasteiger partial charge in [0.1, 0.15) is 0 Å². The number of fused-ring (bicyclic) bond motifs is 1. The number of carbonyl (C=O) groups excluding carboxylic acids is 1. The number of aromatic nitrogens is 1. The van der Waals surface area contributed by atoms with Crippen molar-refractivity contribution in [2.45, 2.75) is 12.5 Å². The van der Waals surface area contributed by atoms with E-state index in [1.54, 1.807) is 6.07 Å². The van der Waals surface area contributed by atoms with E-state index >= 15 is 0 Å². The minimum absolute atomic E-state index is 0.168. The van der Waals surface area contributed by atoms with Gasteiger partial charge in [0.25, 0.3) is 5.91 Å². The van der Waals surface area contributed by atoms with Crippen molar-refractivity contribution >= 4 is 22.5 Å². The van der Waals surface area contributed by atoms with Crippen molar-refractivity contribution in [2.24, 2.45) is 0 Å². The third-order valence-electron chi connectivity index (χ3n) is 4.78. The van der Waals surface area contributed by atoms with Crippen molar-refractivity contribution in [2.75, 3.05) is 11.9 Å². The quantitative estimate of drug-likeness (QED) is 0.475. The molecule has 0 bridgehead atoms. The summed E-state index contributed by atoms with van der Waals surface area (Å²) in [7, 11) is 0. The van der Waals surface area contributed by atoms with Crippen molar-refractivity contribution in [3.8, 4) is 17.0 Å². The summed E-state index contributed by atoms with van der Waals surface area (Å²) in [5.41, 5.74) is 3.63. The molecule has 1 atom stereocenters. The lowest BCUT2D eigenvalue weighted by Crippen LogP contribution is -2.34. The molecular weight excluding hydrogens is 376 g/mol. The highest BCUT2D eigenvalue weighted by Gasteiger charge is 2.21. The van der Waals surface area contributed by atoms with E-state index in [9.17, 15) is 9.90 Å². The van der Waals surface area contributed by atoms with Crippen LogP contribution >= 0.6 is 0 Å². The van der Waals surface area contributed by atoms with Gasteiger partial charge in [-0.15, -0.1) is 0 Å². The van der Waals surface area contributed by atoms with Gasteiger partial charge in [0.15, 0.2) is 6.10 Å². The van der Waals surface area contributed by atoms with Crippen LogP contribution in [-0.4, -0.2) is 28.7 Å². The summed E-state index contributed by atoms with van der Waals surface area (Å²) in [6.07, 6.45) is -0.680. The van der Waals surface area contributed by atoms with E-state index < -0.39 is 6.10 Å². The summed E-state index contributed by atoms with van der Waals surface area (Å²) in [6, 6.07) is 29.0. The molecule has 0 aliphatic heterocycles. The van der Waals surface area contributed by atoms with Crippen LogP contribution < -0.4 is 10.1 Å². The van der Waals surface area contributed by atoms with Crippen LogP contribution in [0.5, 0.6) is 5.88 Å². The maximum atomic E-state index is 12.8. The number of aliphatic hydroxyl groups is 1. The van der Waals surface area contributed by atoms with Gasteiger partial charge in [0, 0.05) is 30.2 Å². The average Bonchev–Trinajstić information content (AvgIpc) is 2.80. The Morgan fingerprint density at radius 2 is 1.57 bits per heavy atom. The zero-order valence-corrected chi connectivity index (χ0v) is 16.4. The molecule has 1 unspecified atom stereocenters. The first-order valence-corrected chi connectivity index (χ1v) is 9.82. The topological polar surface area (TPSA) is 71.5 Å². The number of nitrogens with one attached hydrogen (secondary N) is 1. The summed E-state index contributed by atoms with van der Waals surface area (Å²) in [5, 5.41) is 13.2. The molecular formula is C25H22N2O3. The third-order valence-corrected chi connectivity index (χ3v) is 4.78. The molecule has 5 heteroatoms. The summed E-state index contributed by atoms with van der Waals surface area (Å²) in [5.74, 6) is 0.0215. The molecule has 1 amide bonds. The van der Waals surface area contributed by atoms with Crippen molar-refractivity contribution in [1.29, 1.82) is 0 Å². The molecule has 5 nitrogen and oxygen atoms in total. The largest absolute Gasteiger partial charge is 0.464 e. The van der Waals surface area contributed by atoms with E-state index in [2.05, 4.69) is 10.3 Å². The second-order valence-electron chi connectivity index (χ2n) is 6.89. The lowest BCUT2D eigenvalue weighted by Gasteiger charge is -2.18. The Morgan fingerprint density at radius 3 is 2.33 bits per heavy atom. The molecule has 0 spiro atoms. The van der Waals surface area contributed by atoms with Crippen LogP contribution in [0.1, 0.15) is 6.42 Å². The fraction of sp³-hybridized carbons (Fsp3) is 0.120. The number of nitrogens with zero attached hydrogens (tertiary/aromatic N) is 1. The molecule has 30 heavy (non-hydrogen) atoms. The number of pyridine rings is 1. The third kappa shape index (κ3) is 4.64. The monoisotopic (exact) mass is 398 g/mol. The van der Waals surface area contributed by atoms with Gasteiger partial charge in [-0.25, -0.2) is 4.98 Å². The van der Waals surface area contributed by atoms with Gasteiger partial charge >= 0.3 is 0 Å². The second kappa shape index (κ2) is 9.20. The molecule has 4 rings (SSSR count). The normalized spacial score (nSPS) is 11.8. The van der Waals surface area contributed by atoms with Gasteiger partial charge in [-0.1, -0.05) is 60.7 Å². The Bertz CT molecular complexity index is 1130. The Labute approximate surface area is 175 Å². The predicted molar refractivity (Wildman–Crippen MR) is 118 cm³/mol. The Hall–Kier alpha value is -3.70. The maximum absolute atomic E-state index is 12.8. The number of benzene rings is 3. The minimum Gasteiger partial charge on any atom is -0.464 e. The zero-order valence-electron chi connectivity index (χ0n) is 16.4. The smallest absolute Gasteiger partial charge is 0.265 e. The van der Waals surface area contributed by atoms with Crippen LogP contribution in [0, 0.1) is 0 Å². The van der Waals surface area contributed by atoms with Crippen LogP contribution in [-0.2, 0) is 4.79 Å². The van der Waals surface area contributed by atoms with Crippen molar-refractivity contribution in [1.82, 2.24) is 4.98 Å². The fourth-order valence-electron chi connectivity index (χ4n) is 3.22. The average molecular weight is 398 g/mol. The highest BCUT2D eigenvalue weighted by Crippen LogP contribution is 2.22. The molecule has 1 heterocycles. The summed E-state index contributed by atoms with van der Waals surface area (Å²) in [4.78, 5) is 17.2. The minimum atomic E-state index is -0.850. The van der Waals surface area contributed by atoms with E-state index in [4.69, 9.17) is 4.74 Å². The molecule has 0 aliphatic rings. The number of aliphatic hydroxyl groups excluding tert-OH is 1. The number of rotatable bonds is 7. The van der Waals surface area contributed by atoms with Gasteiger partial charge in [-0.2, -0.15) is 0 Å². The molecule has 1 aromatic heterocycles. The first-order chi connectivity index (χ1) is 14.7. The number of hydrogen-bond donors (Lipinski definition) is 2. The molecule has 2 N–H and O–H groups in total. The van der Waals surface area contributed by atoms with Gasteiger partial charge in [0.2, 0.25) is 5.88 Å². The van der Waals surface area contributed by atoms with Crippen LogP contribution in [0.4, 0.5) is 5.69 Å². The van der Waals surface area contributed by atoms with Crippen molar-refractivity contribution in [3.05, 3.63) is 91.0 Å². The summed E-state index contributed by atoms with van der Waals surface area (Å²) >= 11 is 0. The van der Waals surface area contributed by atoms with Crippen molar-refractivity contribution < 1.29 is 14.6 Å². The molecule has 4 aromatic rings. The van der Waals surface area contributed by atoms with Gasteiger partial charge in [-0.3, -0.25) is 4.79 Å². The predicted octanol–water partition coefficient (Wildman–Crippen LogP) is 4.67. The molecule has 150 valence electrons. The highest BCUT2D eigenvalue weighted by molar-refractivity contribution is 5.94. The number of anilines is 1. The highest BCUT2D eigenvalue weighted by atomic mass is 16.5. The molecule has 0 fully saturated rings. The van der Waals surface area contributed by atoms with Crippen molar-refractivity contribution in [3.63, 3.8) is 0 Å². The first kappa shape index (κ1) is 19.6. The SMILES string of the molecule is O=C(Nc1ccc(-c2ccccc2)cc1)C(CCO)Oc1ccc2ccccc2n1. The lowest BCUT2D eigenvalue weighted by molar-refractivity contribution is -0.123. The van der Waals surface area contributed by atoms with E-state index in [0.29, 0.717) is 11.6 Å². The van der Waals surface area contributed by atoms with E-state index in [1.807, 2.05) is 84.9 Å². The number of carbonyl (C=O) groups is 1. The number of ether oxygens (including phenoxy) is 1. The maximum Gasteiger partial charge on any atom is 0.265 e. The number of amides is 1. The van der Waals surface area contributed by atoms with E-state index in [1.165, 1.54) is 0 Å². The van der Waals surface area contributed by atoms with Crippen LogP contribution in [0.3, 0.4) is 0 Å². The van der Waals surface area contributed by atoms with Gasteiger partial charge in [-0.05, 0) is 35.4 Å². The second-order valence-corrected chi connectivity index (χ2v) is 6.89. The number of para-hydroxylation sites is 1. The summed E-state index contributed by atoms with van der Waals surface area (Å²) in [6.45, 7) is -0.168. The van der Waals surface area contributed by atoms with Gasteiger partial charge < -0.3 is 15.2 Å². The molecule has 0 saturated heterocycles. The number of hydrogen-bond acceptors (Lipinski definition) is 4. The standard InChI is InChI=1S/C25H22N2O3/c28-17-16-23(30-24-15-12-20-8-4-5-9-22(20)27-24)25(29)26-21-13-10-19(11-14-21)18-6-2-1-3-7-18/h1-15,23,28H,16-17H2,(H,26,29). The molecule has 0 aliphatic carbocycles. The van der Waals surface area contributed by atoms with Crippen LogP contribution in [0.25, 0.3) is 22.0 Å². The van der Waals surface area contributed by atoms with Crippen LogP contribution in [0.2, 0.25) is 0 Å².